The first-order chi connectivity index (χ1) is 8.24. The maximum Gasteiger partial charge on any atom is 0.231 e. The van der Waals surface area contributed by atoms with Gasteiger partial charge in [-0.2, -0.15) is 4.98 Å². The molecule has 0 spiro atoms. The Labute approximate surface area is 102 Å². The second-order valence-electron chi connectivity index (χ2n) is 3.58. The van der Waals surface area contributed by atoms with E-state index >= 15 is 0 Å². The highest BCUT2D eigenvalue weighted by molar-refractivity contribution is 6.31. The van der Waals surface area contributed by atoms with Crippen molar-refractivity contribution < 1.29 is 4.42 Å². The molecule has 17 heavy (non-hydrogen) atoms. The number of nitrogen functional groups attached to an aromatic ring is 1. The molecular weight excluding hydrogens is 238 g/mol. The number of oxazole rings is 1. The van der Waals surface area contributed by atoms with E-state index in [1.165, 1.54) is 0 Å². The van der Waals surface area contributed by atoms with Crippen molar-refractivity contribution in [2.24, 2.45) is 0 Å². The molecule has 84 valence electrons. The minimum Gasteiger partial charge on any atom is -0.434 e. The van der Waals surface area contributed by atoms with Crippen LogP contribution in [-0.2, 0) is 0 Å². The van der Waals surface area contributed by atoms with Gasteiger partial charge in [0.25, 0.3) is 0 Å². The molecular formula is C12H8ClN3O. The third kappa shape index (κ3) is 1.72. The number of pyridine rings is 1. The molecule has 2 aromatic heterocycles. The summed E-state index contributed by atoms with van der Waals surface area (Å²) in [5.74, 6) is 0.429. The Morgan fingerprint density at radius 1 is 1.24 bits per heavy atom. The van der Waals surface area contributed by atoms with Crippen LogP contribution in [0.2, 0.25) is 5.02 Å². The Kier molecular flexibility index (Phi) is 2.23. The fourth-order valence-corrected chi connectivity index (χ4v) is 1.77. The molecule has 0 unspecified atom stereocenters. The van der Waals surface area contributed by atoms with Gasteiger partial charge < -0.3 is 10.2 Å². The fraction of sp³-hybridized carbons (Fsp3) is 0. The second-order valence-corrected chi connectivity index (χ2v) is 4.01. The van der Waals surface area contributed by atoms with Crippen molar-refractivity contribution in [1.29, 1.82) is 0 Å². The molecule has 3 aromatic rings. The molecule has 0 saturated heterocycles. The van der Waals surface area contributed by atoms with Crippen LogP contribution < -0.4 is 5.73 Å². The maximum absolute atomic E-state index is 5.92. The number of hydrogen-bond donors (Lipinski definition) is 1. The monoisotopic (exact) mass is 245 g/mol. The molecule has 0 atom stereocenters. The lowest BCUT2D eigenvalue weighted by atomic mass is 10.2. The summed E-state index contributed by atoms with van der Waals surface area (Å²) in [4.78, 5) is 8.37. The SMILES string of the molecule is Nc1ccc(Cl)cc1-c1nc2ncccc2o1. The quantitative estimate of drug-likeness (QED) is 0.669. The van der Waals surface area contributed by atoms with Crippen molar-refractivity contribution in [2.75, 3.05) is 5.73 Å². The van der Waals surface area contributed by atoms with Crippen molar-refractivity contribution in [3.8, 4) is 11.5 Å². The molecule has 2 N–H and O–H groups in total. The van der Waals surface area contributed by atoms with E-state index in [9.17, 15) is 0 Å². The highest BCUT2D eigenvalue weighted by Crippen LogP contribution is 2.29. The molecule has 2 heterocycles. The van der Waals surface area contributed by atoms with Crippen LogP contribution in [0.4, 0.5) is 5.69 Å². The zero-order chi connectivity index (χ0) is 11.8. The van der Waals surface area contributed by atoms with E-state index in [1.807, 2.05) is 0 Å². The summed E-state index contributed by atoms with van der Waals surface area (Å²) in [5.41, 5.74) is 8.29. The van der Waals surface area contributed by atoms with Crippen LogP contribution in [0.1, 0.15) is 0 Å². The lowest BCUT2D eigenvalue weighted by molar-refractivity contribution is 0.620. The Morgan fingerprint density at radius 2 is 2.12 bits per heavy atom. The lowest BCUT2D eigenvalue weighted by Gasteiger charge is -2.00. The van der Waals surface area contributed by atoms with Crippen LogP contribution in [0.15, 0.2) is 40.9 Å². The number of hydrogen-bond acceptors (Lipinski definition) is 4. The molecule has 0 aliphatic carbocycles. The highest BCUT2D eigenvalue weighted by atomic mass is 35.5. The topological polar surface area (TPSA) is 64.9 Å². The number of nitrogens with two attached hydrogens (primary N) is 1. The van der Waals surface area contributed by atoms with Gasteiger partial charge in [0, 0.05) is 16.9 Å². The molecule has 0 aliphatic rings. The van der Waals surface area contributed by atoms with Crippen molar-refractivity contribution in [3.63, 3.8) is 0 Å². The first-order valence-corrected chi connectivity index (χ1v) is 5.39. The van der Waals surface area contributed by atoms with E-state index in [-0.39, 0.29) is 0 Å². The average Bonchev–Trinajstić information content (AvgIpc) is 2.75. The molecule has 4 nitrogen and oxygen atoms in total. The molecule has 0 fully saturated rings. The molecule has 5 heteroatoms. The number of fused-ring (bicyclic) bond motifs is 1. The zero-order valence-corrected chi connectivity index (χ0v) is 9.48. The Hall–Kier alpha value is -2.07. The third-order valence-electron chi connectivity index (χ3n) is 2.41. The fourth-order valence-electron chi connectivity index (χ4n) is 1.60. The molecule has 0 amide bonds. The highest BCUT2D eigenvalue weighted by Gasteiger charge is 2.11. The first kappa shape index (κ1) is 10.1. The van der Waals surface area contributed by atoms with E-state index in [0.717, 1.165) is 0 Å². The Balaban J connectivity index is 2.23. The Morgan fingerprint density at radius 3 is 2.94 bits per heavy atom. The zero-order valence-electron chi connectivity index (χ0n) is 8.72. The third-order valence-corrected chi connectivity index (χ3v) is 2.65. The van der Waals surface area contributed by atoms with E-state index in [0.29, 0.717) is 33.4 Å². The van der Waals surface area contributed by atoms with Crippen molar-refractivity contribution in [2.45, 2.75) is 0 Å². The largest absolute Gasteiger partial charge is 0.434 e. The summed E-state index contributed by atoms with van der Waals surface area (Å²) in [6.07, 6.45) is 1.66. The smallest absolute Gasteiger partial charge is 0.231 e. The minimum absolute atomic E-state index is 0.429. The lowest BCUT2D eigenvalue weighted by Crippen LogP contribution is -1.89. The van der Waals surface area contributed by atoms with Gasteiger partial charge in [0.2, 0.25) is 5.89 Å². The van der Waals surface area contributed by atoms with Crippen LogP contribution in [-0.4, -0.2) is 9.97 Å². The summed E-state index contributed by atoms with van der Waals surface area (Å²) < 4.78 is 5.58. The number of rotatable bonds is 1. The van der Waals surface area contributed by atoms with E-state index < -0.39 is 0 Å². The number of anilines is 1. The predicted molar refractivity (Wildman–Crippen MR) is 66.7 cm³/mol. The normalized spacial score (nSPS) is 10.9. The van der Waals surface area contributed by atoms with Crippen LogP contribution >= 0.6 is 11.6 Å². The van der Waals surface area contributed by atoms with Crippen LogP contribution in [0.25, 0.3) is 22.7 Å². The van der Waals surface area contributed by atoms with Gasteiger partial charge in [-0.05, 0) is 30.3 Å². The van der Waals surface area contributed by atoms with Crippen LogP contribution in [0.5, 0.6) is 0 Å². The summed E-state index contributed by atoms with van der Waals surface area (Å²) in [5, 5.41) is 0.587. The summed E-state index contributed by atoms with van der Waals surface area (Å²) >= 11 is 5.92. The standard InChI is InChI=1S/C12H8ClN3O/c13-7-3-4-9(14)8(6-7)12-16-11-10(17-12)2-1-5-15-11/h1-6H,14H2. The van der Waals surface area contributed by atoms with Gasteiger partial charge in [0.15, 0.2) is 11.2 Å². The number of nitrogens with zero attached hydrogens (tertiary/aromatic N) is 2. The van der Waals surface area contributed by atoms with Crippen molar-refractivity contribution in [3.05, 3.63) is 41.6 Å². The molecule has 0 radical (unpaired) electrons. The summed E-state index contributed by atoms with van der Waals surface area (Å²) in [6.45, 7) is 0. The minimum atomic E-state index is 0.429. The van der Waals surface area contributed by atoms with E-state index in [4.69, 9.17) is 21.8 Å². The van der Waals surface area contributed by atoms with Gasteiger partial charge in [-0.25, -0.2) is 4.98 Å². The van der Waals surface area contributed by atoms with Gasteiger partial charge in [-0.15, -0.1) is 0 Å². The number of benzene rings is 1. The van der Waals surface area contributed by atoms with Crippen LogP contribution in [0.3, 0.4) is 0 Å². The average molecular weight is 246 g/mol. The first-order valence-electron chi connectivity index (χ1n) is 5.01. The Bertz CT molecular complexity index is 660. The summed E-state index contributed by atoms with van der Waals surface area (Å²) in [6, 6.07) is 8.76. The van der Waals surface area contributed by atoms with Gasteiger partial charge in [-0.1, -0.05) is 11.6 Å². The van der Waals surface area contributed by atoms with Gasteiger partial charge in [0.1, 0.15) is 0 Å². The van der Waals surface area contributed by atoms with Gasteiger partial charge in [-0.3, -0.25) is 0 Å². The van der Waals surface area contributed by atoms with E-state index in [1.54, 1.807) is 36.5 Å². The number of aromatic nitrogens is 2. The van der Waals surface area contributed by atoms with Crippen molar-refractivity contribution in [1.82, 2.24) is 9.97 Å². The molecule has 0 bridgehead atoms. The predicted octanol–water partition coefficient (Wildman–Crippen LogP) is 3.13. The van der Waals surface area contributed by atoms with Crippen LogP contribution in [0, 0.1) is 0 Å². The van der Waals surface area contributed by atoms with E-state index in [2.05, 4.69) is 9.97 Å². The molecule has 3 rings (SSSR count). The summed E-state index contributed by atoms with van der Waals surface area (Å²) in [7, 11) is 0. The maximum atomic E-state index is 5.92. The van der Waals surface area contributed by atoms with Gasteiger partial charge in [0.05, 0.1) is 5.56 Å². The molecule has 1 aromatic carbocycles. The van der Waals surface area contributed by atoms with Gasteiger partial charge >= 0.3 is 0 Å². The molecule has 0 aliphatic heterocycles. The molecule has 0 saturated carbocycles. The number of halogens is 1. The second kappa shape index (κ2) is 3.75. The van der Waals surface area contributed by atoms with Crippen molar-refractivity contribution >= 4 is 28.5 Å².